The molecular formula is C12H15ClFNO3S. The van der Waals surface area contributed by atoms with E-state index in [0.717, 1.165) is 18.9 Å². The molecule has 2 N–H and O–H groups in total. The molecule has 4 nitrogen and oxygen atoms in total. The zero-order valence-corrected chi connectivity index (χ0v) is 11.8. The van der Waals surface area contributed by atoms with Gasteiger partial charge in [0, 0.05) is 29.2 Å². The van der Waals surface area contributed by atoms with Crippen molar-refractivity contribution in [3.8, 4) is 0 Å². The van der Waals surface area contributed by atoms with Gasteiger partial charge >= 0.3 is 0 Å². The fourth-order valence-electron chi connectivity index (χ4n) is 1.74. The van der Waals surface area contributed by atoms with E-state index in [4.69, 9.17) is 16.7 Å². The number of hydrogen-bond donors (Lipinski definition) is 2. The van der Waals surface area contributed by atoms with Gasteiger partial charge in [0.05, 0.1) is 5.75 Å². The molecule has 1 aromatic rings. The summed E-state index contributed by atoms with van der Waals surface area (Å²) in [6.07, 6.45) is 1.61. The van der Waals surface area contributed by atoms with Crippen molar-refractivity contribution in [3.05, 3.63) is 34.6 Å². The lowest BCUT2D eigenvalue weighted by molar-refractivity contribution is 0.213. The van der Waals surface area contributed by atoms with Gasteiger partial charge in [-0.15, -0.1) is 0 Å². The third kappa shape index (κ3) is 3.89. The standard InChI is InChI=1S/C12H15ClFNO3S/c13-10-1-2-11(14)9(5-10)6-19(17,18)15-7-12(8-16)3-4-12/h1-2,5,15-16H,3-4,6-8H2. The van der Waals surface area contributed by atoms with Gasteiger partial charge < -0.3 is 5.11 Å². The number of hydrogen-bond acceptors (Lipinski definition) is 3. The minimum atomic E-state index is -3.64. The number of aliphatic hydroxyl groups is 1. The number of halogens is 2. The van der Waals surface area contributed by atoms with Crippen LogP contribution in [0.25, 0.3) is 0 Å². The Hall–Kier alpha value is -0.690. The number of sulfonamides is 1. The molecule has 0 saturated heterocycles. The lowest BCUT2D eigenvalue weighted by Gasteiger charge is -2.13. The molecule has 1 saturated carbocycles. The molecule has 1 aliphatic rings. The number of rotatable bonds is 6. The summed E-state index contributed by atoms with van der Waals surface area (Å²) >= 11 is 5.71. The van der Waals surface area contributed by atoms with Gasteiger partial charge in [-0.2, -0.15) is 0 Å². The molecule has 1 fully saturated rings. The van der Waals surface area contributed by atoms with Crippen LogP contribution in [0.3, 0.4) is 0 Å². The molecule has 7 heteroatoms. The van der Waals surface area contributed by atoms with Crippen molar-refractivity contribution in [3.63, 3.8) is 0 Å². The molecule has 0 heterocycles. The Kier molecular flexibility index (Phi) is 4.15. The third-order valence-corrected chi connectivity index (χ3v) is 4.82. The normalized spacial score (nSPS) is 17.4. The predicted octanol–water partition coefficient (Wildman–Crippen LogP) is 1.67. The van der Waals surface area contributed by atoms with Crippen molar-refractivity contribution in [1.82, 2.24) is 4.72 Å². The Bertz CT molecular complexity index is 572. The molecule has 1 aliphatic carbocycles. The van der Waals surface area contributed by atoms with Gasteiger partial charge in [-0.25, -0.2) is 17.5 Å². The fraction of sp³-hybridized carbons (Fsp3) is 0.500. The Morgan fingerprint density at radius 1 is 1.42 bits per heavy atom. The van der Waals surface area contributed by atoms with E-state index < -0.39 is 21.6 Å². The Balaban J connectivity index is 2.02. The lowest BCUT2D eigenvalue weighted by Crippen LogP contribution is -2.32. The summed E-state index contributed by atoms with van der Waals surface area (Å²) < 4.78 is 39.6. The van der Waals surface area contributed by atoms with Crippen LogP contribution >= 0.6 is 11.6 Å². The highest BCUT2D eigenvalue weighted by Crippen LogP contribution is 2.44. The number of benzene rings is 1. The summed E-state index contributed by atoms with van der Waals surface area (Å²) in [6, 6.07) is 3.81. The molecule has 0 radical (unpaired) electrons. The first kappa shape index (κ1) is 14.7. The van der Waals surface area contributed by atoms with E-state index >= 15 is 0 Å². The monoisotopic (exact) mass is 307 g/mol. The largest absolute Gasteiger partial charge is 0.396 e. The SMILES string of the molecule is O=S(=O)(Cc1cc(Cl)ccc1F)NCC1(CO)CC1. The van der Waals surface area contributed by atoms with Crippen LogP contribution in [0.15, 0.2) is 18.2 Å². The molecule has 0 amide bonds. The second kappa shape index (κ2) is 5.36. The Morgan fingerprint density at radius 2 is 2.11 bits per heavy atom. The van der Waals surface area contributed by atoms with Gasteiger partial charge in [-0.1, -0.05) is 11.6 Å². The maximum absolute atomic E-state index is 13.5. The van der Waals surface area contributed by atoms with Crippen LogP contribution in [0.5, 0.6) is 0 Å². The molecular weight excluding hydrogens is 293 g/mol. The topological polar surface area (TPSA) is 66.4 Å². The predicted molar refractivity (Wildman–Crippen MR) is 70.8 cm³/mol. The molecule has 19 heavy (non-hydrogen) atoms. The molecule has 0 spiro atoms. The van der Waals surface area contributed by atoms with Gasteiger partial charge in [0.2, 0.25) is 10.0 Å². The van der Waals surface area contributed by atoms with Gasteiger partial charge in [-0.05, 0) is 31.0 Å². The van der Waals surface area contributed by atoms with Crippen LogP contribution in [0.4, 0.5) is 4.39 Å². The summed E-state index contributed by atoms with van der Waals surface area (Å²) in [6.45, 7) is 0.148. The minimum absolute atomic E-state index is 0.0360. The Morgan fingerprint density at radius 3 is 2.68 bits per heavy atom. The van der Waals surface area contributed by atoms with E-state index in [0.29, 0.717) is 5.02 Å². The van der Waals surface area contributed by atoms with Gasteiger partial charge in [-0.3, -0.25) is 0 Å². The van der Waals surface area contributed by atoms with Crippen molar-refractivity contribution >= 4 is 21.6 Å². The highest BCUT2D eigenvalue weighted by atomic mass is 35.5. The van der Waals surface area contributed by atoms with E-state index in [9.17, 15) is 12.8 Å². The molecule has 0 unspecified atom stereocenters. The van der Waals surface area contributed by atoms with Gasteiger partial charge in [0.15, 0.2) is 0 Å². The van der Waals surface area contributed by atoms with E-state index in [-0.39, 0.29) is 24.1 Å². The highest BCUT2D eigenvalue weighted by molar-refractivity contribution is 7.88. The highest BCUT2D eigenvalue weighted by Gasteiger charge is 2.42. The summed E-state index contributed by atoms with van der Waals surface area (Å²) in [5.41, 5.74) is -0.284. The van der Waals surface area contributed by atoms with Crippen LogP contribution < -0.4 is 4.72 Å². The smallest absolute Gasteiger partial charge is 0.215 e. The van der Waals surface area contributed by atoms with E-state index in [1.807, 2.05) is 0 Å². The average molecular weight is 308 g/mol. The van der Waals surface area contributed by atoms with Crippen molar-refractivity contribution < 1.29 is 17.9 Å². The molecule has 1 aromatic carbocycles. The first-order valence-corrected chi connectivity index (χ1v) is 7.91. The molecule has 2 rings (SSSR count). The fourth-order valence-corrected chi connectivity index (χ4v) is 3.19. The van der Waals surface area contributed by atoms with Crippen LogP contribution in [0, 0.1) is 11.2 Å². The number of nitrogens with one attached hydrogen (secondary N) is 1. The summed E-state index contributed by atoms with van der Waals surface area (Å²) in [4.78, 5) is 0. The summed E-state index contributed by atoms with van der Waals surface area (Å²) in [7, 11) is -3.64. The van der Waals surface area contributed by atoms with E-state index in [1.54, 1.807) is 0 Å². The lowest BCUT2D eigenvalue weighted by atomic mass is 10.1. The molecule has 0 atom stereocenters. The van der Waals surface area contributed by atoms with E-state index in [2.05, 4.69) is 4.72 Å². The van der Waals surface area contributed by atoms with Crippen molar-refractivity contribution in [1.29, 1.82) is 0 Å². The van der Waals surface area contributed by atoms with Crippen LogP contribution in [0.1, 0.15) is 18.4 Å². The van der Waals surface area contributed by atoms with Crippen molar-refractivity contribution in [2.24, 2.45) is 5.41 Å². The van der Waals surface area contributed by atoms with Crippen LogP contribution in [-0.4, -0.2) is 26.7 Å². The zero-order chi connectivity index (χ0) is 14.1. The molecule has 0 bridgehead atoms. The first-order chi connectivity index (χ1) is 8.86. The second-order valence-electron chi connectivity index (χ2n) is 4.97. The number of aliphatic hydroxyl groups excluding tert-OH is 1. The maximum Gasteiger partial charge on any atom is 0.215 e. The van der Waals surface area contributed by atoms with Gasteiger partial charge in [0.25, 0.3) is 0 Å². The summed E-state index contributed by atoms with van der Waals surface area (Å²) in [5, 5.41) is 9.40. The molecule has 0 aliphatic heterocycles. The molecule has 0 aromatic heterocycles. The van der Waals surface area contributed by atoms with Crippen molar-refractivity contribution in [2.45, 2.75) is 18.6 Å². The van der Waals surface area contributed by atoms with E-state index in [1.165, 1.54) is 12.1 Å². The van der Waals surface area contributed by atoms with Crippen molar-refractivity contribution in [2.75, 3.05) is 13.2 Å². The summed E-state index contributed by atoms with van der Waals surface area (Å²) in [5.74, 6) is -1.06. The zero-order valence-electron chi connectivity index (χ0n) is 10.2. The average Bonchev–Trinajstić information content (AvgIpc) is 3.12. The second-order valence-corrected chi connectivity index (χ2v) is 7.22. The van der Waals surface area contributed by atoms with Crippen LogP contribution in [-0.2, 0) is 15.8 Å². The Labute approximate surface area is 116 Å². The third-order valence-electron chi connectivity index (χ3n) is 3.31. The molecule has 106 valence electrons. The first-order valence-electron chi connectivity index (χ1n) is 5.88. The van der Waals surface area contributed by atoms with Crippen LogP contribution in [0.2, 0.25) is 5.02 Å². The minimum Gasteiger partial charge on any atom is -0.396 e. The quantitative estimate of drug-likeness (QED) is 0.840. The van der Waals surface area contributed by atoms with Gasteiger partial charge in [0.1, 0.15) is 5.82 Å². The maximum atomic E-state index is 13.5.